The molecule has 0 saturated carbocycles. The van der Waals surface area contributed by atoms with Crippen molar-refractivity contribution in [1.29, 1.82) is 0 Å². The molecule has 0 spiro atoms. The maximum atomic E-state index is 6.01. The van der Waals surface area contributed by atoms with E-state index >= 15 is 0 Å². The minimum atomic E-state index is 0.453. The number of fused-ring (bicyclic) bond motifs is 1. The Morgan fingerprint density at radius 1 is 0.727 bits per heavy atom. The zero-order valence-electron chi connectivity index (χ0n) is 19.3. The van der Waals surface area contributed by atoms with Crippen molar-refractivity contribution in [2.24, 2.45) is 0 Å². The van der Waals surface area contributed by atoms with Gasteiger partial charge in [0.1, 0.15) is 12.4 Å². The summed E-state index contributed by atoms with van der Waals surface area (Å²) < 4.78 is 34.1. The van der Waals surface area contributed by atoms with E-state index in [9.17, 15) is 0 Å². The van der Waals surface area contributed by atoms with Gasteiger partial charge in [-0.2, -0.15) is 0 Å². The molecule has 0 fully saturated rings. The van der Waals surface area contributed by atoms with Crippen LogP contribution in [0, 0.1) is 0 Å². The van der Waals surface area contributed by atoms with Crippen molar-refractivity contribution in [3.05, 3.63) is 65.7 Å². The molecule has 0 bridgehead atoms. The number of anilines is 1. The number of hydrogen-bond acceptors (Lipinski definition) is 7. The smallest absolute Gasteiger partial charge is 0.142 e. The highest BCUT2D eigenvalue weighted by Crippen LogP contribution is 2.26. The van der Waals surface area contributed by atoms with Crippen molar-refractivity contribution in [2.45, 2.75) is 13.2 Å². The molecule has 0 amide bonds. The molecule has 180 valence electrons. The van der Waals surface area contributed by atoms with E-state index in [2.05, 4.69) is 24.0 Å². The molecule has 0 aromatic heterocycles. The van der Waals surface area contributed by atoms with Gasteiger partial charge in [0, 0.05) is 6.54 Å². The van der Waals surface area contributed by atoms with E-state index in [1.807, 2.05) is 36.4 Å². The molecule has 0 atom stereocenters. The minimum Gasteiger partial charge on any atom is -0.489 e. The van der Waals surface area contributed by atoms with E-state index in [0.29, 0.717) is 79.2 Å². The quantitative estimate of drug-likeness (QED) is 0.730. The third-order valence-electron chi connectivity index (χ3n) is 4.96. The normalized spacial score (nSPS) is 17.0. The van der Waals surface area contributed by atoms with Crippen LogP contribution < -0.4 is 10.1 Å². The summed E-state index contributed by atoms with van der Waals surface area (Å²) in [4.78, 5) is 0. The largest absolute Gasteiger partial charge is 0.489 e. The van der Waals surface area contributed by atoms with Gasteiger partial charge in [0.05, 0.1) is 71.8 Å². The fourth-order valence-corrected chi connectivity index (χ4v) is 3.19. The van der Waals surface area contributed by atoms with Crippen LogP contribution >= 0.6 is 0 Å². The molecule has 2 aromatic rings. The van der Waals surface area contributed by atoms with Crippen LogP contribution in [0.5, 0.6) is 5.75 Å². The van der Waals surface area contributed by atoms with Gasteiger partial charge in [0.15, 0.2) is 0 Å². The number of ether oxygens (including phenoxy) is 6. The van der Waals surface area contributed by atoms with Gasteiger partial charge in [-0.3, -0.25) is 0 Å². The summed E-state index contributed by atoms with van der Waals surface area (Å²) in [6.45, 7) is 10.3. The van der Waals surface area contributed by atoms with Crippen molar-refractivity contribution < 1.29 is 28.4 Å². The summed E-state index contributed by atoms with van der Waals surface area (Å²) in [5.41, 5.74) is 4.19. The van der Waals surface area contributed by atoms with E-state index in [-0.39, 0.29) is 0 Å². The first-order chi connectivity index (χ1) is 16.3. The van der Waals surface area contributed by atoms with Crippen LogP contribution in [-0.2, 0) is 36.9 Å². The van der Waals surface area contributed by atoms with Gasteiger partial charge < -0.3 is 33.7 Å². The highest BCUT2D eigenvalue weighted by Gasteiger charge is 2.07. The Bertz CT molecular complexity index is 811. The lowest BCUT2D eigenvalue weighted by Crippen LogP contribution is -2.16. The number of nitrogens with one attached hydrogen (secondary N) is 1. The topological polar surface area (TPSA) is 67.4 Å². The summed E-state index contributed by atoms with van der Waals surface area (Å²) in [5, 5.41) is 3.39. The summed E-state index contributed by atoms with van der Waals surface area (Å²) in [6.07, 6.45) is 1.83. The molecule has 1 N–H and O–H groups in total. The van der Waals surface area contributed by atoms with Crippen molar-refractivity contribution in [2.75, 3.05) is 71.3 Å². The molecule has 1 aliphatic heterocycles. The molecule has 1 heterocycles. The molecule has 3 rings (SSSR count). The van der Waals surface area contributed by atoms with Gasteiger partial charge in [0.25, 0.3) is 0 Å². The number of benzene rings is 2. The van der Waals surface area contributed by atoms with E-state index in [0.717, 1.165) is 28.1 Å². The predicted molar refractivity (Wildman–Crippen MR) is 129 cm³/mol. The second kappa shape index (κ2) is 15.4. The van der Waals surface area contributed by atoms with Gasteiger partial charge in [-0.15, -0.1) is 0 Å². The second-order valence-electron chi connectivity index (χ2n) is 7.49. The Balaban J connectivity index is 1.53. The molecule has 0 saturated heterocycles. The molecular weight excluding hydrogens is 422 g/mol. The molecule has 2 aromatic carbocycles. The minimum absolute atomic E-state index is 0.453. The molecule has 7 nitrogen and oxygen atoms in total. The van der Waals surface area contributed by atoms with E-state index in [1.54, 1.807) is 0 Å². The molecule has 7 heteroatoms. The Labute approximate surface area is 196 Å². The van der Waals surface area contributed by atoms with Crippen LogP contribution in [0.4, 0.5) is 5.69 Å². The average Bonchev–Trinajstić information content (AvgIpc) is 2.84. The van der Waals surface area contributed by atoms with Gasteiger partial charge in [0.2, 0.25) is 0 Å². The lowest BCUT2D eigenvalue weighted by Gasteiger charge is -2.16. The Hall–Kier alpha value is -2.42. The first-order valence-electron chi connectivity index (χ1n) is 11.4. The molecule has 1 aliphatic rings. The third kappa shape index (κ3) is 9.94. The lowest BCUT2D eigenvalue weighted by molar-refractivity contribution is -0.00390. The first kappa shape index (κ1) is 25.2. The summed E-state index contributed by atoms with van der Waals surface area (Å²) >= 11 is 0. The van der Waals surface area contributed by atoms with Crippen LogP contribution in [0.25, 0.3) is 6.08 Å². The Morgan fingerprint density at radius 3 is 1.97 bits per heavy atom. The van der Waals surface area contributed by atoms with Crippen molar-refractivity contribution in [3.8, 4) is 5.75 Å². The van der Waals surface area contributed by atoms with Crippen LogP contribution in [0.15, 0.2) is 49.0 Å². The lowest BCUT2D eigenvalue weighted by atomic mass is 10.1. The summed E-state index contributed by atoms with van der Waals surface area (Å²) in [7, 11) is 0. The highest BCUT2D eigenvalue weighted by atomic mass is 16.6. The maximum Gasteiger partial charge on any atom is 0.142 e. The molecule has 0 radical (unpaired) electrons. The standard InChI is InChI=1S/C26H35NO6/c1-2-22-3-5-23(6-4-22)20-32-21-24-7-8-25-26(19-24)33-18-17-31-16-15-30-14-13-29-12-11-28-10-9-27-25/h2-8,19,27H,1,9-18,20-21H2. The Morgan fingerprint density at radius 2 is 1.30 bits per heavy atom. The van der Waals surface area contributed by atoms with Crippen LogP contribution in [0.1, 0.15) is 16.7 Å². The van der Waals surface area contributed by atoms with Crippen molar-refractivity contribution in [3.63, 3.8) is 0 Å². The molecule has 0 aliphatic carbocycles. The fraction of sp³-hybridized carbons (Fsp3) is 0.462. The second-order valence-corrected chi connectivity index (χ2v) is 7.49. The molecular formula is C26H35NO6. The SMILES string of the molecule is C=Cc1ccc(COCc2ccc3c(c2)OCCOCCOCCOCCOCCN3)cc1. The van der Waals surface area contributed by atoms with Gasteiger partial charge in [-0.05, 0) is 28.8 Å². The van der Waals surface area contributed by atoms with E-state index < -0.39 is 0 Å². The zero-order valence-corrected chi connectivity index (χ0v) is 19.3. The first-order valence-corrected chi connectivity index (χ1v) is 11.4. The van der Waals surface area contributed by atoms with Crippen LogP contribution in [0.2, 0.25) is 0 Å². The van der Waals surface area contributed by atoms with E-state index in [4.69, 9.17) is 28.4 Å². The van der Waals surface area contributed by atoms with Gasteiger partial charge in [-0.1, -0.05) is 43.0 Å². The van der Waals surface area contributed by atoms with Crippen molar-refractivity contribution in [1.82, 2.24) is 0 Å². The van der Waals surface area contributed by atoms with Crippen molar-refractivity contribution >= 4 is 11.8 Å². The maximum absolute atomic E-state index is 6.01. The average molecular weight is 458 g/mol. The zero-order chi connectivity index (χ0) is 23.0. The Kier molecular flexibility index (Phi) is 11.8. The third-order valence-corrected chi connectivity index (χ3v) is 4.96. The highest BCUT2D eigenvalue weighted by molar-refractivity contribution is 5.57. The fourth-order valence-electron chi connectivity index (χ4n) is 3.19. The molecule has 0 unspecified atom stereocenters. The van der Waals surface area contributed by atoms with Gasteiger partial charge >= 0.3 is 0 Å². The summed E-state index contributed by atoms with van der Waals surface area (Å²) in [5.74, 6) is 0.774. The number of rotatable bonds is 5. The van der Waals surface area contributed by atoms with Crippen LogP contribution in [0.3, 0.4) is 0 Å². The van der Waals surface area contributed by atoms with E-state index in [1.165, 1.54) is 0 Å². The molecule has 33 heavy (non-hydrogen) atoms. The predicted octanol–water partition coefficient (Wildman–Crippen LogP) is 3.92. The summed E-state index contributed by atoms with van der Waals surface area (Å²) in [6, 6.07) is 14.3. The van der Waals surface area contributed by atoms with Crippen LogP contribution in [-0.4, -0.2) is 66.0 Å². The number of hydrogen-bond donors (Lipinski definition) is 1. The van der Waals surface area contributed by atoms with Gasteiger partial charge in [-0.25, -0.2) is 0 Å². The monoisotopic (exact) mass is 457 g/mol.